The van der Waals surface area contributed by atoms with Crippen molar-refractivity contribution in [3.63, 3.8) is 0 Å². The average Bonchev–Trinajstić information content (AvgIpc) is 3.10. The zero-order valence-electron chi connectivity index (χ0n) is 14.7. The van der Waals surface area contributed by atoms with Crippen LogP contribution in [0.4, 0.5) is 5.69 Å². The number of halogens is 1. The van der Waals surface area contributed by atoms with Gasteiger partial charge in [0.05, 0.1) is 11.1 Å². The molecular formula is C19H18ClN5OS. The lowest BCUT2D eigenvalue weighted by Gasteiger charge is -2.40. The van der Waals surface area contributed by atoms with E-state index in [-0.39, 0.29) is 5.91 Å². The Bertz CT molecular complexity index is 985. The maximum Gasteiger partial charge on any atom is 0.235 e. The molecule has 6 nitrogen and oxygen atoms in total. The molecule has 8 heteroatoms. The molecule has 1 saturated carbocycles. The first kappa shape index (κ1) is 18.0. The molecule has 138 valence electrons. The van der Waals surface area contributed by atoms with E-state index in [1.165, 1.54) is 11.8 Å². The van der Waals surface area contributed by atoms with E-state index in [4.69, 9.17) is 11.6 Å². The molecule has 0 spiro atoms. The van der Waals surface area contributed by atoms with Crippen LogP contribution in [0.2, 0.25) is 5.02 Å². The zero-order chi connectivity index (χ0) is 18.9. The molecule has 3 aromatic rings. The summed E-state index contributed by atoms with van der Waals surface area (Å²) in [6.07, 6.45) is 4.59. The molecule has 1 aliphatic rings. The van der Waals surface area contributed by atoms with Gasteiger partial charge in [0.2, 0.25) is 11.1 Å². The van der Waals surface area contributed by atoms with Crippen LogP contribution in [0.15, 0.2) is 53.7 Å². The minimum atomic E-state index is -0.514. The standard InChI is InChI=1S/C19H18ClN5OS/c1-27-18-22-23-24-25(18)16-8-3-7-15(12-16)21-17(26)19(9-4-10-19)13-5-2-6-14(20)11-13/h2-3,5-8,11-12H,4,9-10H2,1H3,(H,21,26). The average molecular weight is 400 g/mol. The Balaban J connectivity index is 1.60. The molecule has 0 bridgehead atoms. The lowest BCUT2D eigenvalue weighted by Crippen LogP contribution is -2.46. The summed E-state index contributed by atoms with van der Waals surface area (Å²) in [6, 6.07) is 15.1. The third-order valence-electron chi connectivity index (χ3n) is 4.99. The smallest absolute Gasteiger partial charge is 0.235 e. The summed E-state index contributed by atoms with van der Waals surface area (Å²) in [6.45, 7) is 0. The van der Waals surface area contributed by atoms with Crippen molar-refractivity contribution in [1.82, 2.24) is 20.2 Å². The molecule has 2 aromatic carbocycles. The van der Waals surface area contributed by atoms with Crippen LogP contribution in [0.1, 0.15) is 24.8 Å². The van der Waals surface area contributed by atoms with Crippen LogP contribution < -0.4 is 5.32 Å². The zero-order valence-corrected chi connectivity index (χ0v) is 16.3. The molecule has 0 atom stereocenters. The molecule has 1 aliphatic carbocycles. The lowest BCUT2D eigenvalue weighted by molar-refractivity contribution is -0.124. The van der Waals surface area contributed by atoms with E-state index in [0.717, 1.165) is 30.5 Å². The fraction of sp³-hybridized carbons (Fsp3) is 0.263. The first-order chi connectivity index (χ1) is 13.1. The molecular weight excluding hydrogens is 382 g/mol. The van der Waals surface area contributed by atoms with Gasteiger partial charge in [0, 0.05) is 10.7 Å². The van der Waals surface area contributed by atoms with Gasteiger partial charge in [-0.2, -0.15) is 4.68 Å². The number of aromatic nitrogens is 4. The SMILES string of the molecule is CSc1nnnn1-c1cccc(NC(=O)C2(c3cccc(Cl)c3)CCC2)c1. The monoisotopic (exact) mass is 399 g/mol. The summed E-state index contributed by atoms with van der Waals surface area (Å²) in [4.78, 5) is 13.1. The molecule has 1 fully saturated rings. The maximum atomic E-state index is 13.1. The Labute approximate surface area is 166 Å². The Morgan fingerprint density at radius 2 is 2.04 bits per heavy atom. The van der Waals surface area contributed by atoms with Crippen LogP contribution in [0.3, 0.4) is 0 Å². The topological polar surface area (TPSA) is 72.7 Å². The van der Waals surface area contributed by atoms with Gasteiger partial charge in [0.25, 0.3) is 0 Å². The number of nitrogens with zero attached hydrogens (tertiary/aromatic N) is 4. The number of tetrazole rings is 1. The van der Waals surface area contributed by atoms with Crippen molar-refractivity contribution >= 4 is 35.0 Å². The van der Waals surface area contributed by atoms with Crippen LogP contribution in [-0.4, -0.2) is 32.4 Å². The van der Waals surface area contributed by atoms with Gasteiger partial charge in [0.1, 0.15) is 0 Å². The number of hydrogen-bond acceptors (Lipinski definition) is 5. The van der Waals surface area contributed by atoms with Gasteiger partial charge in [-0.25, -0.2) is 0 Å². The van der Waals surface area contributed by atoms with Gasteiger partial charge in [0.15, 0.2) is 0 Å². The molecule has 1 amide bonds. The largest absolute Gasteiger partial charge is 0.325 e. The van der Waals surface area contributed by atoms with Gasteiger partial charge >= 0.3 is 0 Å². The Morgan fingerprint density at radius 3 is 2.74 bits per heavy atom. The summed E-state index contributed by atoms with van der Waals surface area (Å²) in [5, 5.41) is 16.1. The highest BCUT2D eigenvalue weighted by Gasteiger charge is 2.45. The fourth-order valence-electron chi connectivity index (χ4n) is 3.40. The minimum Gasteiger partial charge on any atom is -0.325 e. The summed E-state index contributed by atoms with van der Waals surface area (Å²) in [5.41, 5.74) is 1.97. The third kappa shape index (κ3) is 3.33. The number of benzene rings is 2. The van der Waals surface area contributed by atoms with Crippen LogP contribution in [0, 0.1) is 0 Å². The van der Waals surface area contributed by atoms with Crippen molar-refractivity contribution < 1.29 is 4.79 Å². The highest BCUT2D eigenvalue weighted by molar-refractivity contribution is 7.98. The molecule has 1 heterocycles. The van der Waals surface area contributed by atoms with Crippen molar-refractivity contribution in [3.8, 4) is 5.69 Å². The number of hydrogen-bond donors (Lipinski definition) is 1. The Morgan fingerprint density at radius 1 is 1.22 bits per heavy atom. The van der Waals surface area contributed by atoms with Crippen LogP contribution >= 0.6 is 23.4 Å². The van der Waals surface area contributed by atoms with Gasteiger partial charge in [-0.15, -0.1) is 5.10 Å². The molecule has 4 rings (SSSR count). The second kappa shape index (κ2) is 7.32. The van der Waals surface area contributed by atoms with Crippen molar-refractivity contribution in [3.05, 3.63) is 59.1 Å². The van der Waals surface area contributed by atoms with Crippen LogP contribution in [-0.2, 0) is 10.2 Å². The van der Waals surface area contributed by atoms with Crippen LogP contribution in [0.5, 0.6) is 0 Å². The van der Waals surface area contributed by atoms with E-state index >= 15 is 0 Å². The number of thioether (sulfide) groups is 1. The number of carbonyl (C=O) groups is 1. The van der Waals surface area contributed by atoms with Crippen molar-refractivity contribution in [2.75, 3.05) is 11.6 Å². The van der Waals surface area contributed by atoms with E-state index in [2.05, 4.69) is 20.8 Å². The Kier molecular flexibility index (Phi) is 4.88. The number of carbonyl (C=O) groups excluding carboxylic acids is 1. The quantitative estimate of drug-likeness (QED) is 0.654. The summed E-state index contributed by atoms with van der Waals surface area (Å²) in [5.74, 6) is -0.00466. The predicted octanol–water partition coefficient (Wildman–Crippen LogP) is 4.10. The summed E-state index contributed by atoms with van der Waals surface area (Å²) >= 11 is 7.61. The van der Waals surface area contributed by atoms with Gasteiger partial charge in [-0.3, -0.25) is 4.79 Å². The van der Waals surface area contributed by atoms with Crippen molar-refractivity contribution in [2.24, 2.45) is 0 Å². The molecule has 27 heavy (non-hydrogen) atoms. The highest BCUT2D eigenvalue weighted by atomic mass is 35.5. The highest BCUT2D eigenvalue weighted by Crippen LogP contribution is 2.45. The van der Waals surface area contributed by atoms with E-state index in [9.17, 15) is 4.79 Å². The summed E-state index contributed by atoms with van der Waals surface area (Å²) < 4.78 is 1.65. The molecule has 0 aliphatic heterocycles. The van der Waals surface area contributed by atoms with E-state index in [1.807, 2.05) is 54.8 Å². The van der Waals surface area contributed by atoms with Gasteiger partial charge in [-0.05, 0) is 65.4 Å². The van der Waals surface area contributed by atoms with Crippen molar-refractivity contribution in [1.29, 1.82) is 0 Å². The van der Waals surface area contributed by atoms with E-state index in [0.29, 0.717) is 15.9 Å². The van der Waals surface area contributed by atoms with Crippen molar-refractivity contribution in [2.45, 2.75) is 29.8 Å². The first-order valence-corrected chi connectivity index (χ1v) is 10.2. The maximum absolute atomic E-state index is 13.1. The first-order valence-electron chi connectivity index (χ1n) is 8.63. The number of anilines is 1. The molecule has 0 saturated heterocycles. The van der Waals surface area contributed by atoms with E-state index in [1.54, 1.807) is 4.68 Å². The minimum absolute atomic E-state index is 0.00466. The number of amides is 1. The second-order valence-corrected chi connectivity index (χ2v) is 7.74. The lowest BCUT2D eigenvalue weighted by atomic mass is 9.64. The van der Waals surface area contributed by atoms with Gasteiger partial charge in [-0.1, -0.05) is 48.0 Å². The molecule has 0 radical (unpaired) electrons. The fourth-order valence-corrected chi connectivity index (χ4v) is 4.02. The van der Waals surface area contributed by atoms with Crippen LogP contribution in [0.25, 0.3) is 5.69 Å². The van der Waals surface area contributed by atoms with Gasteiger partial charge < -0.3 is 5.32 Å². The number of rotatable bonds is 5. The molecule has 1 N–H and O–H groups in total. The molecule has 0 unspecified atom stereocenters. The second-order valence-electron chi connectivity index (χ2n) is 6.53. The normalized spacial score (nSPS) is 15.2. The third-order valence-corrected chi connectivity index (χ3v) is 5.85. The summed E-state index contributed by atoms with van der Waals surface area (Å²) in [7, 11) is 0. The number of nitrogens with one attached hydrogen (secondary N) is 1. The predicted molar refractivity (Wildman–Crippen MR) is 107 cm³/mol. The Hall–Kier alpha value is -2.38. The molecule has 1 aromatic heterocycles. The van der Waals surface area contributed by atoms with E-state index < -0.39 is 5.41 Å².